The maximum Gasteiger partial charge on any atom is 0.417 e. The molecule has 0 unspecified atom stereocenters. The van der Waals surface area contributed by atoms with E-state index in [9.17, 15) is 13.2 Å². The van der Waals surface area contributed by atoms with Gasteiger partial charge in [-0.15, -0.1) is 0 Å². The van der Waals surface area contributed by atoms with Crippen LogP contribution in [0.5, 0.6) is 0 Å². The van der Waals surface area contributed by atoms with Gasteiger partial charge in [-0.1, -0.05) is 11.6 Å². The average molecular weight is 314 g/mol. The number of alkyl halides is 3. The highest BCUT2D eigenvalue weighted by Crippen LogP contribution is 2.36. The second-order valence-corrected chi connectivity index (χ2v) is 4.58. The average Bonchev–Trinajstić information content (AvgIpc) is 2.89. The molecule has 0 aliphatic heterocycles. The van der Waals surface area contributed by atoms with Gasteiger partial charge in [0.05, 0.1) is 22.2 Å². The van der Waals surface area contributed by atoms with Crippen LogP contribution in [0.1, 0.15) is 5.56 Å². The number of rotatable bonds is 2. The van der Waals surface area contributed by atoms with Gasteiger partial charge in [-0.05, 0) is 18.2 Å². The Balaban J connectivity index is 2.01. The maximum atomic E-state index is 12.8. The smallest absolute Gasteiger partial charge is 0.340 e. The Morgan fingerprint density at radius 2 is 2.00 bits per heavy atom. The molecule has 0 aliphatic carbocycles. The minimum Gasteiger partial charge on any atom is -0.340 e. The summed E-state index contributed by atoms with van der Waals surface area (Å²) in [4.78, 5) is 7.94. The van der Waals surface area contributed by atoms with Gasteiger partial charge >= 0.3 is 6.18 Å². The third kappa shape index (κ3) is 2.62. The Morgan fingerprint density at radius 1 is 1.19 bits per heavy atom. The highest BCUT2D eigenvalue weighted by atomic mass is 35.5. The van der Waals surface area contributed by atoms with Crippen molar-refractivity contribution in [1.82, 2.24) is 20.2 Å². The van der Waals surface area contributed by atoms with Crippen molar-refractivity contribution in [3.63, 3.8) is 0 Å². The monoisotopic (exact) mass is 313 g/mol. The Kier molecular flexibility index (Phi) is 3.17. The number of H-pyrrole nitrogens is 1. The summed E-state index contributed by atoms with van der Waals surface area (Å²) in [5.41, 5.74) is -0.211. The van der Waals surface area contributed by atoms with Gasteiger partial charge in [0.1, 0.15) is 12.1 Å². The van der Waals surface area contributed by atoms with Crippen LogP contribution in [0.3, 0.4) is 0 Å². The highest BCUT2D eigenvalue weighted by Gasteiger charge is 2.33. The zero-order valence-electron chi connectivity index (χ0n) is 10.2. The fourth-order valence-corrected chi connectivity index (χ4v) is 2.05. The first-order chi connectivity index (χ1) is 9.95. The molecule has 2 aromatic heterocycles. The third-order valence-electron chi connectivity index (χ3n) is 2.78. The summed E-state index contributed by atoms with van der Waals surface area (Å²) in [6.07, 6.45) is -1.76. The molecule has 9 heteroatoms. The lowest BCUT2D eigenvalue weighted by Gasteiger charge is -2.12. The molecule has 2 heterocycles. The van der Waals surface area contributed by atoms with E-state index >= 15 is 0 Å². The number of benzene rings is 1. The summed E-state index contributed by atoms with van der Waals surface area (Å²) in [6, 6.07) is 3.54. The van der Waals surface area contributed by atoms with E-state index in [1.165, 1.54) is 24.7 Å². The lowest BCUT2D eigenvalue weighted by molar-refractivity contribution is -0.137. The largest absolute Gasteiger partial charge is 0.417 e. The molecule has 5 nitrogen and oxygen atoms in total. The predicted molar refractivity (Wildman–Crippen MR) is 71.4 cm³/mol. The van der Waals surface area contributed by atoms with E-state index in [4.69, 9.17) is 11.6 Å². The number of hydrogen-bond acceptors (Lipinski definition) is 4. The van der Waals surface area contributed by atoms with Gasteiger partial charge in [-0.2, -0.15) is 18.3 Å². The minimum absolute atomic E-state index is 0.216. The van der Waals surface area contributed by atoms with Gasteiger partial charge in [0, 0.05) is 5.69 Å². The molecule has 0 bridgehead atoms. The lowest BCUT2D eigenvalue weighted by Crippen LogP contribution is -2.06. The zero-order chi connectivity index (χ0) is 15.0. The van der Waals surface area contributed by atoms with E-state index in [1.807, 2.05) is 0 Å². The van der Waals surface area contributed by atoms with Crippen molar-refractivity contribution in [1.29, 1.82) is 0 Å². The first-order valence-corrected chi connectivity index (χ1v) is 6.11. The Bertz CT molecular complexity index is 799. The summed E-state index contributed by atoms with van der Waals surface area (Å²) in [6.45, 7) is 0. The summed E-state index contributed by atoms with van der Waals surface area (Å²) in [7, 11) is 0. The first kappa shape index (κ1) is 13.6. The van der Waals surface area contributed by atoms with Crippen molar-refractivity contribution in [3.05, 3.63) is 41.3 Å². The first-order valence-electron chi connectivity index (χ1n) is 5.73. The Morgan fingerprint density at radius 3 is 2.76 bits per heavy atom. The molecule has 0 saturated carbocycles. The van der Waals surface area contributed by atoms with Crippen molar-refractivity contribution in [2.24, 2.45) is 0 Å². The van der Waals surface area contributed by atoms with Crippen LogP contribution in [-0.2, 0) is 6.18 Å². The molecule has 2 N–H and O–H groups in total. The number of halogens is 4. The number of nitrogens with zero attached hydrogens (tertiary/aromatic N) is 3. The van der Waals surface area contributed by atoms with Gasteiger partial charge < -0.3 is 5.32 Å². The molecule has 0 saturated heterocycles. The molecule has 3 aromatic rings. The van der Waals surface area contributed by atoms with Gasteiger partial charge in [0.15, 0.2) is 5.65 Å². The van der Waals surface area contributed by atoms with Crippen LogP contribution in [0.25, 0.3) is 11.0 Å². The molecule has 0 atom stereocenters. The molecule has 3 rings (SSSR count). The standard InChI is InChI=1S/C12H7ClF3N5/c13-9-2-1-6(3-8(9)12(14,15)16)20-10-7-4-19-21-11(7)18-5-17-10/h1-5H,(H2,17,18,19,20,21). The number of fused-ring (bicyclic) bond motifs is 1. The second kappa shape index (κ2) is 4.88. The van der Waals surface area contributed by atoms with Crippen LogP contribution in [0.2, 0.25) is 5.02 Å². The van der Waals surface area contributed by atoms with Crippen molar-refractivity contribution in [3.8, 4) is 0 Å². The van der Waals surface area contributed by atoms with E-state index in [-0.39, 0.29) is 10.7 Å². The highest BCUT2D eigenvalue weighted by molar-refractivity contribution is 6.31. The minimum atomic E-state index is -4.52. The van der Waals surface area contributed by atoms with Crippen molar-refractivity contribution >= 4 is 34.1 Å². The van der Waals surface area contributed by atoms with Crippen LogP contribution >= 0.6 is 11.6 Å². The molecule has 108 valence electrons. The number of anilines is 2. The van der Waals surface area contributed by atoms with Crippen LogP contribution in [-0.4, -0.2) is 20.2 Å². The SMILES string of the molecule is FC(F)(F)c1cc(Nc2ncnc3[nH]ncc23)ccc1Cl. The van der Waals surface area contributed by atoms with Gasteiger partial charge in [-0.25, -0.2) is 9.97 Å². The quantitative estimate of drug-likeness (QED) is 0.756. The number of aromatic nitrogens is 4. The van der Waals surface area contributed by atoms with Crippen molar-refractivity contribution in [2.75, 3.05) is 5.32 Å². The maximum absolute atomic E-state index is 12.8. The zero-order valence-corrected chi connectivity index (χ0v) is 11.0. The van der Waals surface area contributed by atoms with Gasteiger partial charge in [-0.3, -0.25) is 5.10 Å². The van der Waals surface area contributed by atoms with Gasteiger partial charge in [0.2, 0.25) is 0 Å². The fourth-order valence-electron chi connectivity index (χ4n) is 1.82. The third-order valence-corrected chi connectivity index (χ3v) is 3.11. The van der Waals surface area contributed by atoms with E-state index in [0.717, 1.165) is 6.07 Å². The molecule has 0 spiro atoms. The van der Waals surface area contributed by atoms with Gasteiger partial charge in [0.25, 0.3) is 0 Å². The van der Waals surface area contributed by atoms with Crippen LogP contribution < -0.4 is 5.32 Å². The number of nitrogens with one attached hydrogen (secondary N) is 2. The van der Waals surface area contributed by atoms with Crippen molar-refractivity contribution in [2.45, 2.75) is 6.18 Å². The van der Waals surface area contributed by atoms with E-state index in [1.54, 1.807) is 0 Å². The normalized spacial score (nSPS) is 11.8. The lowest BCUT2D eigenvalue weighted by atomic mass is 10.2. The van der Waals surface area contributed by atoms with Crippen LogP contribution in [0.4, 0.5) is 24.7 Å². The molecule has 0 fully saturated rings. The van der Waals surface area contributed by atoms with E-state index in [0.29, 0.717) is 16.9 Å². The predicted octanol–water partition coefficient (Wildman–Crippen LogP) is 3.77. The fraction of sp³-hybridized carbons (Fsp3) is 0.0833. The van der Waals surface area contributed by atoms with Crippen molar-refractivity contribution < 1.29 is 13.2 Å². The molecule has 0 amide bonds. The topological polar surface area (TPSA) is 66.5 Å². The summed E-state index contributed by atoms with van der Waals surface area (Å²) >= 11 is 5.57. The molecule has 0 aliphatic rings. The summed E-state index contributed by atoms with van der Waals surface area (Å²) in [5.74, 6) is 0.351. The Labute approximate surface area is 121 Å². The summed E-state index contributed by atoms with van der Waals surface area (Å²) in [5, 5.41) is 9.47. The second-order valence-electron chi connectivity index (χ2n) is 4.17. The Hall–Kier alpha value is -2.35. The number of aromatic amines is 1. The molecule has 0 radical (unpaired) electrons. The van der Waals surface area contributed by atoms with Crippen LogP contribution in [0, 0.1) is 0 Å². The number of hydrogen-bond donors (Lipinski definition) is 2. The molecular weight excluding hydrogens is 307 g/mol. The van der Waals surface area contributed by atoms with E-state index in [2.05, 4.69) is 25.5 Å². The van der Waals surface area contributed by atoms with E-state index < -0.39 is 11.7 Å². The summed E-state index contributed by atoms with van der Waals surface area (Å²) < 4.78 is 38.5. The molecular formula is C12H7ClF3N5. The molecule has 21 heavy (non-hydrogen) atoms. The molecule has 1 aromatic carbocycles. The van der Waals surface area contributed by atoms with Crippen LogP contribution in [0.15, 0.2) is 30.7 Å².